The zero-order valence-electron chi connectivity index (χ0n) is 12.2. The number of aromatic nitrogens is 1. The summed E-state index contributed by atoms with van der Waals surface area (Å²) in [5.74, 6) is 2.90. The van der Waals surface area contributed by atoms with Crippen LogP contribution in [0.25, 0.3) is 6.08 Å². The molecule has 1 aromatic heterocycles. The van der Waals surface area contributed by atoms with Crippen LogP contribution >= 0.6 is 11.3 Å². The lowest BCUT2D eigenvalue weighted by Gasteiger charge is -2.04. The molecule has 1 amide bonds. The molecule has 1 aromatic carbocycles. The number of terminal acetylenes is 1. The van der Waals surface area contributed by atoms with Gasteiger partial charge in [0.2, 0.25) is 5.91 Å². The Kier molecular flexibility index (Phi) is 5.75. The van der Waals surface area contributed by atoms with E-state index in [0.29, 0.717) is 6.61 Å². The molecule has 0 aliphatic rings. The fourth-order valence-corrected chi connectivity index (χ4v) is 2.27. The molecule has 5 heteroatoms. The molecule has 0 saturated heterocycles. The first-order valence-electron chi connectivity index (χ1n) is 6.70. The fourth-order valence-electron chi connectivity index (χ4n) is 1.68. The summed E-state index contributed by atoms with van der Waals surface area (Å²) in [5.41, 5.74) is 1.84. The van der Waals surface area contributed by atoms with Gasteiger partial charge in [0.15, 0.2) is 0 Å². The molecule has 4 nitrogen and oxygen atoms in total. The fraction of sp³-hybridized carbons (Fsp3) is 0.176. The van der Waals surface area contributed by atoms with Crippen LogP contribution < -0.4 is 10.1 Å². The molecule has 112 valence electrons. The van der Waals surface area contributed by atoms with Crippen molar-refractivity contribution in [1.82, 2.24) is 10.3 Å². The molecule has 0 radical (unpaired) electrons. The van der Waals surface area contributed by atoms with Crippen molar-refractivity contribution in [3.63, 3.8) is 0 Å². The van der Waals surface area contributed by atoms with Crippen molar-refractivity contribution in [2.24, 2.45) is 0 Å². The number of ether oxygens (including phenoxy) is 1. The lowest BCUT2D eigenvalue weighted by Crippen LogP contribution is -2.20. The van der Waals surface area contributed by atoms with Crippen LogP contribution in [0.5, 0.6) is 5.75 Å². The van der Waals surface area contributed by atoms with Gasteiger partial charge in [-0.2, -0.15) is 0 Å². The van der Waals surface area contributed by atoms with Gasteiger partial charge >= 0.3 is 0 Å². The minimum Gasteiger partial charge on any atom is -0.487 e. The van der Waals surface area contributed by atoms with Crippen molar-refractivity contribution < 1.29 is 9.53 Å². The van der Waals surface area contributed by atoms with Crippen LogP contribution in [0.15, 0.2) is 35.7 Å². The van der Waals surface area contributed by atoms with Gasteiger partial charge in [-0.05, 0) is 30.7 Å². The van der Waals surface area contributed by atoms with E-state index < -0.39 is 0 Å². The zero-order chi connectivity index (χ0) is 15.8. The highest BCUT2D eigenvalue weighted by molar-refractivity contribution is 7.09. The number of hydrogen-bond acceptors (Lipinski definition) is 4. The molecule has 1 N–H and O–H groups in total. The number of nitrogens with one attached hydrogen (secondary N) is 1. The third-order valence-corrected chi connectivity index (χ3v) is 3.55. The number of aryl methyl sites for hydroxylation is 1. The summed E-state index contributed by atoms with van der Waals surface area (Å²) < 4.78 is 5.66. The summed E-state index contributed by atoms with van der Waals surface area (Å²) in [5, 5.41) is 5.58. The molecule has 0 atom stereocenters. The highest BCUT2D eigenvalue weighted by Gasteiger charge is 2.00. The van der Waals surface area contributed by atoms with E-state index in [4.69, 9.17) is 11.2 Å². The number of carbonyl (C=O) groups is 1. The number of hydrogen-bond donors (Lipinski definition) is 1. The average molecular weight is 312 g/mol. The van der Waals surface area contributed by atoms with E-state index >= 15 is 0 Å². The normalized spacial score (nSPS) is 10.4. The van der Waals surface area contributed by atoms with Crippen LogP contribution in [0.1, 0.15) is 16.3 Å². The van der Waals surface area contributed by atoms with E-state index in [0.717, 1.165) is 22.0 Å². The second-order valence-electron chi connectivity index (χ2n) is 4.47. The zero-order valence-corrected chi connectivity index (χ0v) is 13.0. The number of amides is 1. The summed E-state index contributed by atoms with van der Waals surface area (Å²) in [4.78, 5) is 15.7. The Hall–Kier alpha value is -2.58. The Balaban J connectivity index is 1.86. The molecule has 0 unspecified atom stereocenters. The van der Waals surface area contributed by atoms with E-state index in [-0.39, 0.29) is 12.5 Å². The predicted octanol–water partition coefficient (Wildman–Crippen LogP) is 2.79. The van der Waals surface area contributed by atoms with Gasteiger partial charge in [0.25, 0.3) is 0 Å². The van der Waals surface area contributed by atoms with Gasteiger partial charge in [0.1, 0.15) is 12.4 Å². The SMILES string of the molecule is C#CCNC(=O)/C=C/c1ccc(OCc2csc(C)n2)cc1. The number of benzene rings is 1. The second kappa shape index (κ2) is 8.01. The molecule has 0 bridgehead atoms. The van der Waals surface area contributed by atoms with Crippen molar-refractivity contribution in [2.45, 2.75) is 13.5 Å². The maximum Gasteiger partial charge on any atom is 0.244 e. The van der Waals surface area contributed by atoms with Gasteiger partial charge < -0.3 is 10.1 Å². The average Bonchev–Trinajstić information content (AvgIpc) is 2.95. The number of carbonyl (C=O) groups excluding carboxylic acids is 1. The summed E-state index contributed by atoms with van der Waals surface area (Å²) in [6.07, 6.45) is 8.24. The largest absolute Gasteiger partial charge is 0.487 e. The molecule has 0 aliphatic carbocycles. The number of rotatable bonds is 6. The van der Waals surface area contributed by atoms with Gasteiger partial charge in [-0.25, -0.2) is 4.98 Å². The maximum absolute atomic E-state index is 11.4. The molecular weight excluding hydrogens is 296 g/mol. The Labute approximate surface area is 133 Å². The smallest absolute Gasteiger partial charge is 0.244 e. The third-order valence-electron chi connectivity index (χ3n) is 2.73. The number of nitrogens with zero attached hydrogens (tertiary/aromatic N) is 1. The summed E-state index contributed by atoms with van der Waals surface area (Å²) in [7, 11) is 0. The third kappa shape index (κ3) is 5.08. The van der Waals surface area contributed by atoms with E-state index in [2.05, 4.69) is 16.2 Å². The van der Waals surface area contributed by atoms with Gasteiger partial charge in [0.05, 0.1) is 17.2 Å². The Bertz CT molecular complexity index is 696. The van der Waals surface area contributed by atoms with Crippen molar-refractivity contribution in [2.75, 3.05) is 6.54 Å². The van der Waals surface area contributed by atoms with Crippen molar-refractivity contribution in [1.29, 1.82) is 0 Å². The van der Waals surface area contributed by atoms with Crippen LogP contribution in [0.3, 0.4) is 0 Å². The first-order chi connectivity index (χ1) is 10.7. The van der Waals surface area contributed by atoms with Crippen LogP contribution in [0.4, 0.5) is 0 Å². The van der Waals surface area contributed by atoms with Crippen molar-refractivity contribution in [3.8, 4) is 18.1 Å². The Morgan fingerprint density at radius 3 is 2.86 bits per heavy atom. The van der Waals surface area contributed by atoms with E-state index in [1.54, 1.807) is 17.4 Å². The van der Waals surface area contributed by atoms with Crippen LogP contribution in [-0.2, 0) is 11.4 Å². The quantitative estimate of drug-likeness (QED) is 0.659. The lowest BCUT2D eigenvalue weighted by atomic mass is 10.2. The summed E-state index contributed by atoms with van der Waals surface area (Å²) >= 11 is 1.61. The van der Waals surface area contributed by atoms with Crippen molar-refractivity contribution in [3.05, 3.63) is 52.0 Å². The maximum atomic E-state index is 11.4. The minimum absolute atomic E-state index is 0.211. The molecule has 0 spiro atoms. The molecular formula is C17H16N2O2S. The van der Waals surface area contributed by atoms with Gasteiger partial charge in [-0.15, -0.1) is 17.8 Å². The standard InChI is InChI=1S/C17H16N2O2S/c1-3-10-18-17(20)9-6-14-4-7-16(8-5-14)21-11-15-12-22-13(2)19-15/h1,4-9,12H,10-11H2,2H3,(H,18,20)/b9-6+. The Morgan fingerprint density at radius 2 is 2.23 bits per heavy atom. The second-order valence-corrected chi connectivity index (χ2v) is 5.53. The number of thiazole rings is 1. The monoisotopic (exact) mass is 312 g/mol. The molecule has 1 heterocycles. The van der Waals surface area contributed by atoms with Gasteiger partial charge in [-0.1, -0.05) is 18.1 Å². The molecule has 2 aromatic rings. The van der Waals surface area contributed by atoms with E-state index in [1.165, 1.54) is 6.08 Å². The van der Waals surface area contributed by atoms with E-state index in [1.807, 2.05) is 36.6 Å². The predicted molar refractivity (Wildman–Crippen MR) is 88.5 cm³/mol. The van der Waals surface area contributed by atoms with Crippen molar-refractivity contribution >= 4 is 23.3 Å². The first kappa shape index (κ1) is 15.8. The molecule has 0 fully saturated rings. The Morgan fingerprint density at radius 1 is 1.45 bits per heavy atom. The van der Waals surface area contributed by atoms with E-state index in [9.17, 15) is 4.79 Å². The lowest BCUT2D eigenvalue weighted by molar-refractivity contribution is -0.116. The highest BCUT2D eigenvalue weighted by atomic mass is 32.1. The molecule has 22 heavy (non-hydrogen) atoms. The topological polar surface area (TPSA) is 51.2 Å². The first-order valence-corrected chi connectivity index (χ1v) is 7.58. The van der Waals surface area contributed by atoms with Crippen LogP contribution in [0.2, 0.25) is 0 Å². The van der Waals surface area contributed by atoms with Crippen LogP contribution in [0, 0.1) is 19.3 Å². The minimum atomic E-state index is -0.211. The summed E-state index contributed by atoms with van der Waals surface area (Å²) in [6.45, 7) is 2.65. The van der Waals surface area contributed by atoms with Gasteiger partial charge in [0, 0.05) is 11.5 Å². The van der Waals surface area contributed by atoms with Gasteiger partial charge in [-0.3, -0.25) is 4.79 Å². The van der Waals surface area contributed by atoms with Crippen LogP contribution in [-0.4, -0.2) is 17.4 Å². The summed E-state index contributed by atoms with van der Waals surface area (Å²) in [6, 6.07) is 7.48. The highest BCUT2D eigenvalue weighted by Crippen LogP contribution is 2.16. The molecule has 2 rings (SSSR count). The molecule has 0 saturated carbocycles. The molecule has 0 aliphatic heterocycles.